The number of anilines is 2. The molecule has 1 amide bonds. The van der Waals surface area contributed by atoms with Crippen LogP contribution in [0.1, 0.15) is 12.0 Å². The average molecular weight is 333 g/mol. The number of nitrogens with one attached hydrogen (secondary N) is 1. The highest BCUT2D eigenvalue weighted by Gasteiger charge is 2.14. The van der Waals surface area contributed by atoms with Gasteiger partial charge in [-0.3, -0.25) is 4.79 Å². The Morgan fingerprint density at radius 1 is 1.48 bits per heavy atom. The van der Waals surface area contributed by atoms with E-state index < -0.39 is 0 Å². The summed E-state index contributed by atoms with van der Waals surface area (Å²) in [5.74, 6) is -0.270. The van der Waals surface area contributed by atoms with E-state index in [0.29, 0.717) is 10.7 Å². The molecule has 0 aliphatic carbocycles. The second-order valence-electron chi connectivity index (χ2n) is 5.42. The Balaban J connectivity index is 2.20. The van der Waals surface area contributed by atoms with Gasteiger partial charge in [-0.2, -0.15) is 0 Å². The molecule has 0 bridgehead atoms. The first-order valence-corrected chi connectivity index (χ1v) is 7.78. The van der Waals surface area contributed by atoms with E-state index in [1.807, 2.05) is 41.9 Å². The van der Waals surface area contributed by atoms with Gasteiger partial charge in [0.2, 0.25) is 5.91 Å². The SMILES string of the molecule is C=CC(=O)Nc1ccc(N(C)C)c(CCCn2ccnc2)c1Cl. The van der Waals surface area contributed by atoms with Gasteiger partial charge in [-0.25, -0.2) is 4.98 Å². The minimum atomic E-state index is -0.270. The summed E-state index contributed by atoms with van der Waals surface area (Å²) in [6, 6.07) is 3.79. The second-order valence-corrected chi connectivity index (χ2v) is 5.79. The molecule has 2 rings (SSSR count). The predicted molar refractivity (Wildman–Crippen MR) is 95.2 cm³/mol. The van der Waals surface area contributed by atoms with Crippen molar-refractivity contribution in [2.24, 2.45) is 0 Å². The minimum absolute atomic E-state index is 0.270. The van der Waals surface area contributed by atoms with Crippen molar-refractivity contribution >= 4 is 28.9 Å². The van der Waals surface area contributed by atoms with Crippen molar-refractivity contribution in [2.75, 3.05) is 24.3 Å². The topological polar surface area (TPSA) is 50.2 Å². The second kappa shape index (κ2) is 7.83. The lowest BCUT2D eigenvalue weighted by atomic mass is 10.1. The lowest BCUT2D eigenvalue weighted by Gasteiger charge is -2.21. The van der Waals surface area contributed by atoms with Crippen molar-refractivity contribution in [3.05, 3.63) is 54.1 Å². The first-order chi connectivity index (χ1) is 11.0. The zero-order valence-electron chi connectivity index (χ0n) is 13.4. The Hall–Kier alpha value is -2.27. The molecular weight excluding hydrogens is 312 g/mol. The van der Waals surface area contributed by atoms with Crippen LogP contribution >= 0.6 is 11.6 Å². The molecule has 6 heteroatoms. The number of aryl methyl sites for hydroxylation is 1. The van der Waals surface area contributed by atoms with Crippen LogP contribution in [-0.4, -0.2) is 29.6 Å². The maximum atomic E-state index is 11.5. The quantitative estimate of drug-likeness (QED) is 0.791. The van der Waals surface area contributed by atoms with Crippen LogP contribution in [0, 0.1) is 0 Å². The van der Waals surface area contributed by atoms with Crippen molar-refractivity contribution in [2.45, 2.75) is 19.4 Å². The molecule has 0 saturated heterocycles. The van der Waals surface area contributed by atoms with Gasteiger partial charge >= 0.3 is 0 Å². The zero-order chi connectivity index (χ0) is 16.8. The Morgan fingerprint density at radius 2 is 2.26 bits per heavy atom. The third kappa shape index (κ3) is 4.36. The van der Waals surface area contributed by atoms with Crippen molar-refractivity contribution in [3.63, 3.8) is 0 Å². The summed E-state index contributed by atoms with van der Waals surface area (Å²) in [7, 11) is 3.96. The molecule has 0 fully saturated rings. The maximum Gasteiger partial charge on any atom is 0.247 e. The van der Waals surface area contributed by atoms with Crippen molar-refractivity contribution in [1.82, 2.24) is 9.55 Å². The lowest BCUT2D eigenvalue weighted by molar-refractivity contribution is -0.111. The molecule has 0 saturated carbocycles. The van der Waals surface area contributed by atoms with Gasteiger partial charge in [0.05, 0.1) is 17.0 Å². The Morgan fingerprint density at radius 3 is 2.87 bits per heavy atom. The molecule has 122 valence electrons. The summed E-state index contributed by atoms with van der Waals surface area (Å²) in [6.07, 6.45) is 8.47. The smallest absolute Gasteiger partial charge is 0.247 e. The number of hydrogen-bond donors (Lipinski definition) is 1. The van der Waals surface area contributed by atoms with Crippen LogP contribution in [0.2, 0.25) is 5.02 Å². The van der Waals surface area contributed by atoms with Gasteiger partial charge in [0.15, 0.2) is 0 Å². The monoisotopic (exact) mass is 332 g/mol. The number of rotatable bonds is 7. The summed E-state index contributed by atoms with van der Waals surface area (Å²) < 4.78 is 2.03. The van der Waals surface area contributed by atoms with Gasteiger partial charge in [0, 0.05) is 38.7 Å². The number of carbonyl (C=O) groups is 1. The number of benzene rings is 1. The molecule has 1 N–H and O–H groups in total. The number of nitrogens with zero attached hydrogens (tertiary/aromatic N) is 3. The molecule has 0 unspecified atom stereocenters. The van der Waals surface area contributed by atoms with Gasteiger partial charge < -0.3 is 14.8 Å². The van der Waals surface area contributed by atoms with Crippen LogP contribution in [-0.2, 0) is 17.8 Å². The fourth-order valence-corrected chi connectivity index (χ4v) is 2.71. The number of hydrogen-bond acceptors (Lipinski definition) is 3. The molecule has 0 spiro atoms. The minimum Gasteiger partial charge on any atom is -0.377 e. The number of amides is 1. The molecule has 0 aliphatic heterocycles. The van der Waals surface area contributed by atoms with Crippen LogP contribution in [0.3, 0.4) is 0 Å². The molecule has 5 nitrogen and oxygen atoms in total. The van der Waals surface area contributed by atoms with Crippen molar-refractivity contribution < 1.29 is 4.79 Å². The van der Waals surface area contributed by atoms with Crippen LogP contribution in [0.5, 0.6) is 0 Å². The highest BCUT2D eigenvalue weighted by Crippen LogP contribution is 2.34. The third-order valence-corrected chi connectivity index (χ3v) is 3.98. The maximum absolute atomic E-state index is 11.5. The molecule has 1 aromatic heterocycles. The van der Waals surface area contributed by atoms with Crippen molar-refractivity contribution in [3.8, 4) is 0 Å². The molecule has 2 aromatic rings. The number of imidazole rings is 1. The van der Waals surface area contributed by atoms with Crippen molar-refractivity contribution in [1.29, 1.82) is 0 Å². The van der Waals surface area contributed by atoms with E-state index in [-0.39, 0.29) is 5.91 Å². The summed E-state index contributed by atoms with van der Waals surface area (Å²) in [6.45, 7) is 4.33. The molecule has 1 heterocycles. The van der Waals surface area contributed by atoms with E-state index in [9.17, 15) is 4.79 Å². The fourth-order valence-electron chi connectivity index (χ4n) is 2.41. The van der Waals surface area contributed by atoms with Crippen LogP contribution in [0.4, 0.5) is 11.4 Å². The van der Waals surface area contributed by atoms with E-state index in [0.717, 1.165) is 30.6 Å². The summed E-state index contributed by atoms with van der Waals surface area (Å²) in [5, 5.41) is 3.33. The largest absolute Gasteiger partial charge is 0.377 e. The normalized spacial score (nSPS) is 10.4. The first kappa shape index (κ1) is 17.1. The van der Waals surface area contributed by atoms with Gasteiger partial charge in [-0.05, 0) is 36.6 Å². The fraction of sp³-hybridized carbons (Fsp3) is 0.294. The third-order valence-electron chi connectivity index (χ3n) is 3.55. The average Bonchev–Trinajstić information content (AvgIpc) is 3.03. The molecule has 0 aliphatic rings. The Labute approximate surface area is 141 Å². The highest BCUT2D eigenvalue weighted by molar-refractivity contribution is 6.35. The molecule has 1 aromatic carbocycles. The van der Waals surface area contributed by atoms with Crippen LogP contribution in [0.15, 0.2) is 43.5 Å². The Bertz CT molecular complexity index is 680. The van der Waals surface area contributed by atoms with Gasteiger partial charge in [-0.15, -0.1) is 0 Å². The van der Waals surface area contributed by atoms with Gasteiger partial charge in [0.1, 0.15) is 0 Å². The zero-order valence-corrected chi connectivity index (χ0v) is 14.2. The number of carbonyl (C=O) groups excluding carboxylic acids is 1. The van der Waals surface area contributed by atoms with E-state index in [1.54, 1.807) is 12.5 Å². The van der Waals surface area contributed by atoms with E-state index in [1.165, 1.54) is 6.08 Å². The number of halogens is 1. The number of aromatic nitrogens is 2. The lowest BCUT2D eigenvalue weighted by Crippen LogP contribution is -2.14. The van der Waals surface area contributed by atoms with E-state index in [2.05, 4.69) is 16.9 Å². The molecule has 23 heavy (non-hydrogen) atoms. The van der Waals surface area contributed by atoms with Gasteiger partial charge in [0.25, 0.3) is 0 Å². The standard InChI is InChI=1S/C17H21ClN4O/c1-4-16(23)20-14-7-8-15(21(2)3)13(17(14)18)6-5-10-22-11-9-19-12-22/h4,7-9,11-12H,1,5-6,10H2,2-3H3,(H,20,23). The van der Waals surface area contributed by atoms with Crippen LogP contribution < -0.4 is 10.2 Å². The van der Waals surface area contributed by atoms with Gasteiger partial charge in [-0.1, -0.05) is 18.2 Å². The summed E-state index contributed by atoms with van der Waals surface area (Å²) in [5.41, 5.74) is 2.69. The molecule has 0 radical (unpaired) electrons. The summed E-state index contributed by atoms with van der Waals surface area (Å²) in [4.78, 5) is 17.6. The van der Waals surface area contributed by atoms with E-state index >= 15 is 0 Å². The highest BCUT2D eigenvalue weighted by atomic mass is 35.5. The Kier molecular flexibility index (Phi) is 5.82. The van der Waals surface area contributed by atoms with E-state index in [4.69, 9.17) is 11.6 Å². The molecular formula is C17H21ClN4O. The van der Waals surface area contributed by atoms with Crippen LogP contribution in [0.25, 0.3) is 0 Å². The molecule has 0 atom stereocenters. The summed E-state index contributed by atoms with van der Waals surface area (Å²) >= 11 is 6.52. The first-order valence-electron chi connectivity index (χ1n) is 7.40. The predicted octanol–water partition coefficient (Wildman–Crippen LogP) is 3.36.